The molecule has 0 unspecified atom stereocenters. The lowest BCUT2D eigenvalue weighted by Crippen LogP contribution is -2.39. The summed E-state index contributed by atoms with van der Waals surface area (Å²) in [4.78, 5) is 32.0. The Morgan fingerprint density at radius 2 is 2.10 bits per heavy atom. The predicted molar refractivity (Wildman–Crippen MR) is 116 cm³/mol. The van der Waals surface area contributed by atoms with E-state index in [0.717, 1.165) is 8.66 Å². The summed E-state index contributed by atoms with van der Waals surface area (Å²) in [6, 6.07) is 6.76. The second kappa shape index (κ2) is 7.89. The highest BCUT2D eigenvalue weighted by Crippen LogP contribution is 2.31. The van der Waals surface area contributed by atoms with Crippen molar-refractivity contribution in [2.45, 2.75) is 26.8 Å². The van der Waals surface area contributed by atoms with Crippen molar-refractivity contribution in [1.82, 2.24) is 4.57 Å². The van der Waals surface area contributed by atoms with E-state index >= 15 is 0 Å². The van der Waals surface area contributed by atoms with Crippen LogP contribution in [0.15, 0.2) is 53.5 Å². The number of halogens is 1. The third kappa shape index (κ3) is 3.70. The minimum atomic E-state index is -0.712. The maximum Gasteiger partial charge on any atom is 0.338 e. The Morgan fingerprint density at radius 3 is 2.72 bits per heavy atom. The first kappa shape index (κ1) is 20.1. The first-order valence-electron chi connectivity index (χ1n) is 8.90. The van der Waals surface area contributed by atoms with Crippen LogP contribution in [0.5, 0.6) is 0 Å². The fourth-order valence-corrected chi connectivity index (χ4v) is 5.68. The molecule has 0 bridgehead atoms. The van der Waals surface area contributed by atoms with E-state index in [2.05, 4.69) is 20.9 Å². The highest BCUT2D eigenvalue weighted by molar-refractivity contribution is 9.11. The van der Waals surface area contributed by atoms with Crippen molar-refractivity contribution in [1.29, 1.82) is 0 Å². The maximum absolute atomic E-state index is 13.3. The van der Waals surface area contributed by atoms with Crippen LogP contribution in [0.3, 0.4) is 0 Å². The summed E-state index contributed by atoms with van der Waals surface area (Å²) < 4.78 is 14.1. The molecule has 150 valence electrons. The molecule has 0 aliphatic carbocycles. The number of ether oxygens (including phenoxy) is 1. The number of carbonyl (C=O) groups excluding carboxylic acids is 1. The van der Waals surface area contributed by atoms with Gasteiger partial charge in [-0.15, -0.1) is 11.3 Å². The summed E-state index contributed by atoms with van der Waals surface area (Å²) in [5.74, 6) is 0.707. The number of allylic oxidation sites excluding steroid dienone is 1. The van der Waals surface area contributed by atoms with Gasteiger partial charge in [0.05, 0.1) is 26.2 Å². The van der Waals surface area contributed by atoms with E-state index in [1.807, 2.05) is 31.2 Å². The molecule has 29 heavy (non-hydrogen) atoms. The van der Waals surface area contributed by atoms with Crippen LogP contribution in [0.2, 0.25) is 0 Å². The van der Waals surface area contributed by atoms with Gasteiger partial charge in [0, 0.05) is 4.88 Å². The largest absolute Gasteiger partial charge is 0.464 e. The van der Waals surface area contributed by atoms with Crippen LogP contribution in [-0.2, 0) is 9.53 Å². The molecular weight excluding hydrogens is 476 g/mol. The zero-order valence-electron chi connectivity index (χ0n) is 15.9. The van der Waals surface area contributed by atoms with Crippen molar-refractivity contribution < 1.29 is 13.9 Å². The lowest BCUT2D eigenvalue weighted by molar-refractivity contribution is -0.139. The van der Waals surface area contributed by atoms with Gasteiger partial charge in [-0.25, -0.2) is 9.79 Å². The first-order valence-corrected chi connectivity index (χ1v) is 11.3. The second-order valence-electron chi connectivity index (χ2n) is 6.39. The smallest absolute Gasteiger partial charge is 0.338 e. The molecule has 0 aromatic carbocycles. The molecule has 0 saturated carbocycles. The van der Waals surface area contributed by atoms with E-state index in [-0.39, 0.29) is 12.2 Å². The topological polar surface area (TPSA) is 73.8 Å². The molecular formula is C20H17BrN2O4S2. The average Bonchev–Trinajstić information content (AvgIpc) is 3.35. The Morgan fingerprint density at radius 1 is 1.31 bits per heavy atom. The number of hydrogen-bond donors (Lipinski definition) is 0. The molecule has 6 nitrogen and oxygen atoms in total. The van der Waals surface area contributed by atoms with Crippen LogP contribution in [0, 0.1) is 6.92 Å². The molecule has 4 rings (SSSR count). The number of hydrogen-bond acceptors (Lipinski definition) is 7. The number of fused-ring (bicyclic) bond motifs is 1. The third-order valence-corrected chi connectivity index (χ3v) is 6.97. The second-order valence-corrected chi connectivity index (χ2v) is 9.90. The molecule has 0 fully saturated rings. The molecule has 1 aliphatic rings. The fraction of sp³-hybridized carbons (Fsp3) is 0.250. The van der Waals surface area contributed by atoms with E-state index in [1.165, 1.54) is 27.2 Å². The number of nitrogens with zero attached hydrogens (tertiary/aromatic N) is 2. The Kier molecular flexibility index (Phi) is 5.46. The molecule has 4 heterocycles. The first-order chi connectivity index (χ1) is 13.9. The number of carbonyl (C=O) groups is 1. The standard InChI is InChI=1S/C20H17BrN2O4S2/c1-4-26-19(25)16-11(3)22-20-23(17(16)13-7-5-10(2)27-13)18(24)14(29-20)9-12-6-8-15(21)28-12/h5-9,17H,4H2,1-3H3/b14-9+/t17-/m0/s1. The molecule has 0 radical (unpaired) electrons. The summed E-state index contributed by atoms with van der Waals surface area (Å²) in [5.41, 5.74) is 0.625. The van der Waals surface area contributed by atoms with E-state index < -0.39 is 12.0 Å². The van der Waals surface area contributed by atoms with Crippen molar-refractivity contribution in [3.63, 3.8) is 0 Å². The minimum absolute atomic E-state index is 0.216. The number of esters is 1. The molecule has 3 aromatic rings. The van der Waals surface area contributed by atoms with Gasteiger partial charge in [0.25, 0.3) is 5.56 Å². The molecule has 0 amide bonds. The summed E-state index contributed by atoms with van der Waals surface area (Å²) in [6.45, 7) is 5.55. The van der Waals surface area contributed by atoms with Gasteiger partial charge in [-0.05, 0) is 67.0 Å². The average molecular weight is 493 g/mol. The summed E-state index contributed by atoms with van der Waals surface area (Å²) in [6.07, 6.45) is 1.84. The molecule has 0 saturated heterocycles. The highest BCUT2D eigenvalue weighted by atomic mass is 79.9. The van der Waals surface area contributed by atoms with Gasteiger partial charge in [-0.3, -0.25) is 9.36 Å². The summed E-state index contributed by atoms with van der Waals surface area (Å²) in [5, 5.41) is 0. The number of aryl methyl sites for hydroxylation is 1. The number of rotatable bonds is 4. The number of aromatic nitrogens is 1. The quantitative estimate of drug-likeness (QED) is 0.522. The normalized spacial score (nSPS) is 16.7. The van der Waals surface area contributed by atoms with Crippen LogP contribution >= 0.6 is 38.6 Å². The van der Waals surface area contributed by atoms with Crippen LogP contribution in [-0.4, -0.2) is 17.1 Å². The maximum atomic E-state index is 13.3. The number of thiazole rings is 1. The van der Waals surface area contributed by atoms with Gasteiger partial charge >= 0.3 is 5.97 Å². The molecule has 1 aliphatic heterocycles. The zero-order chi connectivity index (χ0) is 20.7. The third-order valence-electron chi connectivity index (χ3n) is 4.42. The van der Waals surface area contributed by atoms with Gasteiger partial charge in [0.2, 0.25) is 0 Å². The van der Waals surface area contributed by atoms with E-state index in [0.29, 0.717) is 32.1 Å². The number of thiophene rings is 1. The Bertz CT molecular complexity index is 1310. The van der Waals surface area contributed by atoms with Gasteiger partial charge in [-0.2, -0.15) is 0 Å². The Hall–Kier alpha value is -2.23. The van der Waals surface area contributed by atoms with Crippen molar-refractivity contribution in [2.24, 2.45) is 4.99 Å². The van der Waals surface area contributed by atoms with Crippen molar-refractivity contribution >= 4 is 50.6 Å². The van der Waals surface area contributed by atoms with Crippen LogP contribution in [0.25, 0.3) is 6.08 Å². The molecule has 0 spiro atoms. The van der Waals surface area contributed by atoms with Crippen molar-refractivity contribution in [3.8, 4) is 0 Å². The van der Waals surface area contributed by atoms with Gasteiger partial charge in [0.15, 0.2) is 4.80 Å². The summed E-state index contributed by atoms with van der Waals surface area (Å²) in [7, 11) is 0. The van der Waals surface area contributed by atoms with E-state index in [9.17, 15) is 9.59 Å². The van der Waals surface area contributed by atoms with E-state index in [4.69, 9.17) is 9.15 Å². The molecule has 0 N–H and O–H groups in total. The highest BCUT2D eigenvalue weighted by Gasteiger charge is 2.35. The van der Waals surface area contributed by atoms with E-state index in [1.54, 1.807) is 19.9 Å². The van der Waals surface area contributed by atoms with Gasteiger partial charge < -0.3 is 9.15 Å². The lowest BCUT2D eigenvalue weighted by Gasteiger charge is -2.22. The minimum Gasteiger partial charge on any atom is -0.464 e. The SMILES string of the molecule is CCOC(=O)C1=C(C)N=c2s/c(=C/c3ccc(Br)s3)c(=O)n2[C@H]1c1ccc(C)o1. The molecule has 3 aromatic heterocycles. The van der Waals surface area contributed by atoms with Crippen molar-refractivity contribution in [2.75, 3.05) is 6.61 Å². The molecule has 1 atom stereocenters. The Labute approximate surface area is 182 Å². The molecule has 9 heteroatoms. The monoisotopic (exact) mass is 492 g/mol. The lowest BCUT2D eigenvalue weighted by atomic mass is 10.0. The van der Waals surface area contributed by atoms with Crippen LogP contribution < -0.4 is 14.9 Å². The van der Waals surface area contributed by atoms with Gasteiger partial charge in [0.1, 0.15) is 17.6 Å². The van der Waals surface area contributed by atoms with Crippen LogP contribution in [0.4, 0.5) is 0 Å². The van der Waals surface area contributed by atoms with Gasteiger partial charge in [-0.1, -0.05) is 11.3 Å². The fourth-order valence-electron chi connectivity index (χ4n) is 3.20. The zero-order valence-corrected chi connectivity index (χ0v) is 19.1. The summed E-state index contributed by atoms with van der Waals surface area (Å²) >= 11 is 6.27. The predicted octanol–water partition coefficient (Wildman–Crippen LogP) is 3.52. The number of furan rings is 1. The van der Waals surface area contributed by atoms with Crippen LogP contribution in [0.1, 0.15) is 36.3 Å². The Balaban J connectivity index is 1.96. The van der Waals surface area contributed by atoms with Crippen molar-refractivity contribution in [3.05, 3.63) is 75.4 Å².